The first-order valence-corrected chi connectivity index (χ1v) is 16.6. The Balaban J connectivity index is 2.36. The number of nitrogens with two attached hydrogens (primary N) is 1. The van der Waals surface area contributed by atoms with Gasteiger partial charge in [0.25, 0.3) is 0 Å². The van der Waals surface area contributed by atoms with Gasteiger partial charge in [-0.2, -0.15) is 4.98 Å². The van der Waals surface area contributed by atoms with Crippen molar-refractivity contribution in [2.45, 2.75) is 102 Å². The topological polar surface area (TPSA) is 88.6 Å². The van der Waals surface area contributed by atoms with Gasteiger partial charge >= 0.3 is 5.69 Å². The van der Waals surface area contributed by atoms with Crippen LogP contribution in [0.3, 0.4) is 0 Å². The largest absolute Gasteiger partial charge is 0.414 e. The van der Waals surface area contributed by atoms with Crippen LogP contribution in [-0.2, 0) is 13.6 Å². The zero-order valence-corrected chi connectivity index (χ0v) is 22.7. The number of anilines is 1. The fourth-order valence-corrected chi connectivity index (χ4v) is 5.17. The van der Waals surface area contributed by atoms with Crippen molar-refractivity contribution in [1.29, 1.82) is 0 Å². The standard InChI is InChI=1S/C21H40FN3O4Si2/c1-20(2,3)30(7,8)27-13-14-17(29-31(9,10)21(4,5)6)16(22)18(28-14)25-12-11-15(23)24-19(25)26/h11-12,14,16-18H,13H2,1-10H3,(H2,23,24,26)/t14-,16?,17?,18-/m1/s1. The number of ether oxygens (including phenoxy) is 1. The summed E-state index contributed by atoms with van der Waals surface area (Å²) in [6, 6.07) is 1.46. The molecule has 31 heavy (non-hydrogen) atoms. The highest BCUT2D eigenvalue weighted by Gasteiger charge is 2.52. The Labute approximate surface area is 187 Å². The third-order valence-electron chi connectivity index (χ3n) is 7.04. The van der Waals surface area contributed by atoms with Crippen molar-refractivity contribution in [2.75, 3.05) is 12.3 Å². The second-order valence-electron chi connectivity index (χ2n) is 11.5. The molecule has 1 fully saturated rings. The molecule has 2 rings (SSSR count). The molecule has 178 valence electrons. The van der Waals surface area contributed by atoms with Crippen molar-refractivity contribution in [3.8, 4) is 0 Å². The van der Waals surface area contributed by atoms with Crippen molar-refractivity contribution in [3.63, 3.8) is 0 Å². The first kappa shape index (κ1) is 26.2. The number of nitrogen functional groups attached to an aromatic ring is 1. The molecule has 0 radical (unpaired) electrons. The van der Waals surface area contributed by atoms with E-state index in [1.165, 1.54) is 12.3 Å². The molecule has 2 unspecified atom stereocenters. The molecule has 1 saturated heterocycles. The maximum atomic E-state index is 15.8. The van der Waals surface area contributed by atoms with Gasteiger partial charge < -0.3 is 19.3 Å². The van der Waals surface area contributed by atoms with E-state index >= 15 is 4.39 Å². The van der Waals surface area contributed by atoms with Crippen LogP contribution in [0.2, 0.25) is 36.3 Å². The molecule has 0 spiro atoms. The van der Waals surface area contributed by atoms with Gasteiger partial charge in [0.05, 0.1) is 6.61 Å². The molecule has 1 aromatic rings. The molecule has 10 heteroatoms. The molecule has 0 aromatic carbocycles. The van der Waals surface area contributed by atoms with E-state index in [-0.39, 0.29) is 22.5 Å². The number of alkyl halides is 1. The maximum absolute atomic E-state index is 15.8. The molecular formula is C21H40FN3O4Si2. The van der Waals surface area contributed by atoms with E-state index in [1.807, 2.05) is 0 Å². The van der Waals surface area contributed by atoms with Gasteiger partial charge in [-0.3, -0.25) is 4.57 Å². The van der Waals surface area contributed by atoms with E-state index in [9.17, 15) is 4.79 Å². The van der Waals surface area contributed by atoms with E-state index in [2.05, 4.69) is 72.7 Å². The normalized spacial score (nSPS) is 25.8. The Kier molecular flexibility index (Phi) is 7.34. The van der Waals surface area contributed by atoms with Crippen molar-refractivity contribution in [2.24, 2.45) is 0 Å². The molecule has 7 nitrogen and oxygen atoms in total. The van der Waals surface area contributed by atoms with Gasteiger partial charge in [0, 0.05) is 6.20 Å². The fourth-order valence-electron chi connectivity index (χ4n) is 2.84. The first-order chi connectivity index (χ1) is 13.9. The summed E-state index contributed by atoms with van der Waals surface area (Å²) in [6.07, 6.45) is -2.72. The number of hydrogen-bond acceptors (Lipinski definition) is 6. The second kappa shape index (κ2) is 8.70. The minimum absolute atomic E-state index is 0.00766. The van der Waals surface area contributed by atoms with Gasteiger partial charge in [0.15, 0.2) is 29.0 Å². The lowest BCUT2D eigenvalue weighted by Crippen LogP contribution is -2.50. The Morgan fingerprint density at radius 3 is 2.16 bits per heavy atom. The molecule has 2 heterocycles. The predicted octanol–water partition coefficient (Wildman–Crippen LogP) is 4.47. The maximum Gasteiger partial charge on any atom is 0.351 e. The Morgan fingerprint density at radius 2 is 1.68 bits per heavy atom. The second-order valence-corrected chi connectivity index (χ2v) is 21.0. The van der Waals surface area contributed by atoms with E-state index < -0.39 is 46.9 Å². The average molecular weight is 474 g/mol. The van der Waals surface area contributed by atoms with E-state index in [1.54, 1.807) is 0 Å². The third-order valence-corrected chi connectivity index (χ3v) is 16.0. The van der Waals surface area contributed by atoms with Crippen LogP contribution in [0.25, 0.3) is 0 Å². The quantitative estimate of drug-likeness (QED) is 0.613. The highest BCUT2D eigenvalue weighted by molar-refractivity contribution is 6.74. The van der Waals surface area contributed by atoms with E-state index in [4.69, 9.17) is 19.3 Å². The van der Waals surface area contributed by atoms with Crippen molar-refractivity contribution in [3.05, 3.63) is 22.7 Å². The molecule has 0 amide bonds. The number of rotatable bonds is 6. The van der Waals surface area contributed by atoms with Crippen molar-refractivity contribution >= 4 is 22.5 Å². The minimum Gasteiger partial charge on any atom is -0.414 e. The predicted molar refractivity (Wildman–Crippen MR) is 127 cm³/mol. The van der Waals surface area contributed by atoms with Crippen molar-refractivity contribution < 1.29 is 18.0 Å². The van der Waals surface area contributed by atoms with Gasteiger partial charge in [-0.05, 0) is 42.3 Å². The Hall–Kier alpha value is -1.08. The van der Waals surface area contributed by atoms with Crippen LogP contribution in [0, 0.1) is 0 Å². The highest BCUT2D eigenvalue weighted by atomic mass is 28.4. The molecule has 0 bridgehead atoms. The molecular weight excluding hydrogens is 433 g/mol. The van der Waals surface area contributed by atoms with Crippen LogP contribution in [0.4, 0.5) is 10.2 Å². The van der Waals surface area contributed by atoms with Gasteiger partial charge in [0.2, 0.25) is 0 Å². The van der Waals surface area contributed by atoms with Crippen LogP contribution < -0.4 is 11.4 Å². The first-order valence-electron chi connectivity index (χ1n) is 10.8. The van der Waals surface area contributed by atoms with Crippen LogP contribution in [0.15, 0.2) is 17.1 Å². The average Bonchev–Trinajstić information content (AvgIpc) is 2.87. The monoisotopic (exact) mass is 473 g/mol. The molecule has 0 aliphatic carbocycles. The van der Waals surface area contributed by atoms with Gasteiger partial charge in [-0.15, -0.1) is 0 Å². The summed E-state index contributed by atoms with van der Waals surface area (Å²) in [7, 11) is -4.39. The SMILES string of the molecule is CC(C)(C)[Si](C)(C)OC[C@H]1O[C@@H](n2ccc(N)nc2=O)C(F)C1O[Si](C)(C)C(C)(C)C. The fraction of sp³-hybridized carbons (Fsp3) is 0.810. The van der Waals surface area contributed by atoms with Gasteiger partial charge in [-0.25, -0.2) is 9.18 Å². The van der Waals surface area contributed by atoms with Crippen LogP contribution in [-0.4, -0.2) is 51.2 Å². The summed E-state index contributed by atoms with van der Waals surface area (Å²) in [5.41, 5.74) is 4.94. The number of hydrogen-bond donors (Lipinski definition) is 1. The smallest absolute Gasteiger partial charge is 0.351 e. The molecule has 2 N–H and O–H groups in total. The number of halogens is 1. The molecule has 1 aliphatic rings. The van der Waals surface area contributed by atoms with Crippen LogP contribution >= 0.6 is 0 Å². The lowest BCUT2D eigenvalue weighted by atomic mass is 10.1. The van der Waals surface area contributed by atoms with E-state index in [0.29, 0.717) is 0 Å². The van der Waals surface area contributed by atoms with Crippen molar-refractivity contribution in [1.82, 2.24) is 9.55 Å². The van der Waals surface area contributed by atoms with Gasteiger partial charge in [0.1, 0.15) is 18.0 Å². The number of aromatic nitrogens is 2. The molecule has 1 aromatic heterocycles. The van der Waals surface area contributed by atoms with Crippen LogP contribution in [0.1, 0.15) is 47.8 Å². The summed E-state index contributed by atoms with van der Waals surface area (Å²) < 4.78 is 35.8. The molecule has 1 aliphatic heterocycles. The zero-order valence-electron chi connectivity index (χ0n) is 20.7. The zero-order chi connectivity index (χ0) is 24.0. The third kappa shape index (κ3) is 5.65. The Bertz CT molecular complexity index is 833. The van der Waals surface area contributed by atoms with Gasteiger partial charge in [-0.1, -0.05) is 41.5 Å². The lowest BCUT2D eigenvalue weighted by molar-refractivity contribution is -0.0454. The number of nitrogens with zero attached hydrogens (tertiary/aromatic N) is 2. The Morgan fingerprint density at radius 1 is 1.13 bits per heavy atom. The van der Waals surface area contributed by atoms with Crippen LogP contribution in [0.5, 0.6) is 0 Å². The summed E-state index contributed by atoms with van der Waals surface area (Å²) in [4.78, 5) is 16.1. The minimum atomic E-state index is -2.31. The summed E-state index contributed by atoms with van der Waals surface area (Å²) >= 11 is 0. The summed E-state index contributed by atoms with van der Waals surface area (Å²) in [5.74, 6) is 0.0848. The molecule has 4 atom stereocenters. The lowest BCUT2D eigenvalue weighted by Gasteiger charge is -2.40. The van der Waals surface area contributed by atoms with E-state index in [0.717, 1.165) is 4.57 Å². The highest BCUT2D eigenvalue weighted by Crippen LogP contribution is 2.43. The summed E-state index contributed by atoms with van der Waals surface area (Å²) in [5, 5.41) is -0.0943. The summed E-state index contributed by atoms with van der Waals surface area (Å²) in [6.45, 7) is 21.4. The molecule has 0 saturated carbocycles.